The van der Waals surface area contributed by atoms with Gasteiger partial charge >= 0.3 is 5.97 Å². The second kappa shape index (κ2) is 5.89. The predicted molar refractivity (Wildman–Crippen MR) is 70.5 cm³/mol. The molecular formula is C15H20O3. The van der Waals surface area contributed by atoms with Crippen LogP contribution in [0.2, 0.25) is 0 Å². The van der Waals surface area contributed by atoms with Crippen LogP contribution in [0.4, 0.5) is 0 Å². The van der Waals surface area contributed by atoms with E-state index >= 15 is 0 Å². The highest BCUT2D eigenvalue weighted by molar-refractivity contribution is 5.91. The zero-order chi connectivity index (χ0) is 13.0. The Hall–Kier alpha value is -1.51. The fraction of sp³-hybridized carbons (Fsp3) is 0.533. The molecule has 0 unspecified atom stereocenters. The van der Waals surface area contributed by atoms with Crippen molar-refractivity contribution in [1.82, 2.24) is 0 Å². The average molecular weight is 248 g/mol. The molecule has 0 radical (unpaired) electrons. The van der Waals surface area contributed by atoms with Crippen molar-refractivity contribution in [3.05, 3.63) is 29.2 Å². The van der Waals surface area contributed by atoms with E-state index < -0.39 is 0 Å². The normalized spacial score (nSPS) is 19.6. The number of methoxy groups -OCH3 is 1. The SMILES string of the molecule is COC(=O)c1cc(/C2=C/CCCCCC2)oc1C. The molecular weight excluding hydrogens is 228 g/mol. The van der Waals surface area contributed by atoms with Gasteiger partial charge in [-0.05, 0) is 44.2 Å². The number of hydrogen-bond acceptors (Lipinski definition) is 3. The average Bonchev–Trinajstić information content (AvgIpc) is 2.70. The van der Waals surface area contributed by atoms with Crippen molar-refractivity contribution in [2.75, 3.05) is 7.11 Å². The highest BCUT2D eigenvalue weighted by Crippen LogP contribution is 2.28. The monoisotopic (exact) mass is 248 g/mol. The molecule has 18 heavy (non-hydrogen) atoms. The molecule has 1 aliphatic carbocycles. The smallest absolute Gasteiger partial charge is 0.341 e. The Labute approximate surface area is 108 Å². The summed E-state index contributed by atoms with van der Waals surface area (Å²) in [4.78, 5) is 11.6. The van der Waals surface area contributed by atoms with Gasteiger partial charge < -0.3 is 9.15 Å². The van der Waals surface area contributed by atoms with E-state index in [-0.39, 0.29) is 5.97 Å². The number of esters is 1. The van der Waals surface area contributed by atoms with Crippen LogP contribution >= 0.6 is 0 Å². The first-order chi connectivity index (χ1) is 8.72. The van der Waals surface area contributed by atoms with E-state index in [1.807, 2.05) is 6.07 Å². The maximum atomic E-state index is 11.6. The number of aryl methyl sites for hydroxylation is 1. The summed E-state index contributed by atoms with van der Waals surface area (Å²) < 4.78 is 10.4. The van der Waals surface area contributed by atoms with Crippen molar-refractivity contribution >= 4 is 11.5 Å². The first-order valence-corrected chi connectivity index (χ1v) is 6.60. The summed E-state index contributed by atoms with van der Waals surface area (Å²) in [6, 6.07) is 1.81. The molecule has 0 aromatic carbocycles. The van der Waals surface area contributed by atoms with E-state index in [1.165, 1.54) is 38.4 Å². The Morgan fingerprint density at radius 2 is 2.06 bits per heavy atom. The summed E-state index contributed by atoms with van der Waals surface area (Å²) in [6.45, 7) is 1.80. The molecule has 0 saturated carbocycles. The van der Waals surface area contributed by atoms with E-state index in [9.17, 15) is 4.79 Å². The number of allylic oxidation sites excluding steroid dienone is 2. The summed E-state index contributed by atoms with van der Waals surface area (Å²) in [5.74, 6) is 1.14. The maximum absolute atomic E-state index is 11.6. The van der Waals surface area contributed by atoms with Gasteiger partial charge in [-0.1, -0.05) is 18.9 Å². The second-order valence-electron chi connectivity index (χ2n) is 4.75. The molecule has 1 aliphatic rings. The topological polar surface area (TPSA) is 39.4 Å². The highest BCUT2D eigenvalue weighted by Gasteiger charge is 2.17. The largest absolute Gasteiger partial charge is 0.465 e. The summed E-state index contributed by atoms with van der Waals surface area (Å²) in [7, 11) is 1.39. The molecule has 98 valence electrons. The molecule has 1 heterocycles. The van der Waals surface area contributed by atoms with Gasteiger partial charge in [0, 0.05) is 0 Å². The fourth-order valence-electron chi connectivity index (χ4n) is 2.37. The summed E-state index contributed by atoms with van der Waals surface area (Å²) in [5.41, 5.74) is 1.77. The van der Waals surface area contributed by atoms with Gasteiger partial charge in [0.1, 0.15) is 17.1 Å². The Balaban J connectivity index is 2.24. The minimum absolute atomic E-state index is 0.325. The number of rotatable bonds is 2. The van der Waals surface area contributed by atoms with Crippen molar-refractivity contribution in [2.24, 2.45) is 0 Å². The van der Waals surface area contributed by atoms with Crippen LogP contribution in [0.3, 0.4) is 0 Å². The molecule has 0 bridgehead atoms. The van der Waals surface area contributed by atoms with Gasteiger partial charge in [0.2, 0.25) is 0 Å². The molecule has 1 aromatic heterocycles. The summed E-state index contributed by atoms with van der Waals surface area (Å²) in [6.07, 6.45) is 9.41. The molecule has 1 aromatic rings. The molecule has 0 atom stereocenters. The maximum Gasteiger partial charge on any atom is 0.341 e. The molecule has 2 rings (SSSR count). The zero-order valence-corrected chi connectivity index (χ0v) is 11.1. The van der Waals surface area contributed by atoms with E-state index in [0.29, 0.717) is 11.3 Å². The Kier molecular flexibility index (Phi) is 4.24. The molecule has 0 aliphatic heterocycles. The number of carbonyl (C=O) groups is 1. The van der Waals surface area contributed by atoms with Crippen LogP contribution in [0.1, 0.15) is 60.4 Å². The van der Waals surface area contributed by atoms with Crippen LogP contribution in [0.25, 0.3) is 5.57 Å². The highest BCUT2D eigenvalue weighted by atomic mass is 16.5. The lowest BCUT2D eigenvalue weighted by Gasteiger charge is -2.08. The van der Waals surface area contributed by atoms with Gasteiger partial charge in [-0.25, -0.2) is 4.79 Å². The Morgan fingerprint density at radius 3 is 2.83 bits per heavy atom. The van der Waals surface area contributed by atoms with E-state index in [2.05, 4.69) is 6.08 Å². The molecule has 0 fully saturated rings. The van der Waals surface area contributed by atoms with Gasteiger partial charge in [-0.2, -0.15) is 0 Å². The molecule has 0 spiro atoms. The summed E-state index contributed by atoms with van der Waals surface area (Å²) >= 11 is 0. The lowest BCUT2D eigenvalue weighted by atomic mass is 9.98. The molecule has 0 saturated heterocycles. The van der Waals surface area contributed by atoms with E-state index in [4.69, 9.17) is 9.15 Å². The number of hydrogen-bond donors (Lipinski definition) is 0. The van der Waals surface area contributed by atoms with Crippen LogP contribution in [0.15, 0.2) is 16.6 Å². The number of carbonyl (C=O) groups excluding carboxylic acids is 1. The second-order valence-corrected chi connectivity index (χ2v) is 4.75. The van der Waals surface area contributed by atoms with Gasteiger partial charge in [0.15, 0.2) is 0 Å². The van der Waals surface area contributed by atoms with Gasteiger partial charge in [-0.15, -0.1) is 0 Å². The third-order valence-corrected chi connectivity index (χ3v) is 3.43. The third kappa shape index (κ3) is 2.84. The predicted octanol–water partition coefficient (Wildman–Crippen LogP) is 4.11. The fourth-order valence-corrected chi connectivity index (χ4v) is 2.37. The zero-order valence-electron chi connectivity index (χ0n) is 11.1. The summed E-state index contributed by atoms with van der Waals surface area (Å²) in [5, 5.41) is 0. The van der Waals surface area contributed by atoms with Crippen LogP contribution < -0.4 is 0 Å². The van der Waals surface area contributed by atoms with Crippen molar-refractivity contribution < 1.29 is 13.9 Å². The Morgan fingerprint density at radius 1 is 1.28 bits per heavy atom. The third-order valence-electron chi connectivity index (χ3n) is 3.43. The van der Waals surface area contributed by atoms with Crippen LogP contribution in [0, 0.1) is 6.92 Å². The van der Waals surface area contributed by atoms with Gasteiger partial charge in [0.05, 0.1) is 7.11 Å². The van der Waals surface area contributed by atoms with Crippen LogP contribution in [-0.4, -0.2) is 13.1 Å². The molecule has 3 heteroatoms. The first kappa shape index (κ1) is 12.9. The molecule has 3 nitrogen and oxygen atoms in total. The molecule has 0 N–H and O–H groups in total. The van der Waals surface area contributed by atoms with Gasteiger partial charge in [0.25, 0.3) is 0 Å². The van der Waals surface area contributed by atoms with Crippen molar-refractivity contribution in [3.63, 3.8) is 0 Å². The van der Waals surface area contributed by atoms with Crippen molar-refractivity contribution in [2.45, 2.75) is 45.4 Å². The van der Waals surface area contributed by atoms with E-state index in [1.54, 1.807) is 6.92 Å². The quantitative estimate of drug-likeness (QED) is 0.739. The van der Waals surface area contributed by atoms with Crippen molar-refractivity contribution in [1.29, 1.82) is 0 Å². The van der Waals surface area contributed by atoms with E-state index in [0.717, 1.165) is 18.6 Å². The van der Waals surface area contributed by atoms with Crippen LogP contribution in [0.5, 0.6) is 0 Å². The number of furan rings is 1. The Bertz CT molecular complexity index is 454. The first-order valence-electron chi connectivity index (χ1n) is 6.60. The molecule has 0 amide bonds. The van der Waals surface area contributed by atoms with Crippen LogP contribution in [-0.2, 0) is 4.74 Å². The number of ether oxygens (including phenoxy) is 1. The minimum Gasteiger partial charge on any atom is -0.465 e. The lowest BCUT2D eigenvalue weighted by Crippen LogP contribution is -2.00. The lowest BCUT2D eigenvalue weighted by molar-refractivity contribution is 0.0599. The van der Waals surface area contributed by atoms with Crippen molar-refractivity contribution in [3.8, 4) is 0 Å². The standard InChI is InChI=1S/C15H20O3/c1-11-13(15(16)17-2)10-14(18-11)12-8-6-4-3-5-7-9-12/h8,10H,3-7,9H2,1-2H3/b12-8+. The minimum atomic E-state index is -0.325. The van der Waals surface area contributed by atoms with Gasteiger partial charge in [-0.3, -0.25) is 0 Å².